The summed E-state index contributed by atoms with van der Waals surface area (Å²) in [5.41, 5.74) is 5.30. The molecule has 240 valence electrons. The standard InChI is InChI=1S/C35H38F3N7O/c1-23-26(4-6-31-28(23)15-27(17-39)45(31)18-24-3-7-32(46)40-11-8-24)19-43-12-9-34(10-13-43)20-44(21-34)33-29-14-25(16-35(36,37)38)2-5-30(29)41-22-42-33/h2,4-6,14-15,22,24H,3,7-13,16,18-21H2,1H3,(H,40,46). The number of hydrogen-bond donors (Lipinski definition) is 1. The molecule has 11 heteroatoms. The largest absolute Gasteiger partial charge is 0.393 e. The molecule has 2 aromatic carbocycles. The van der Waals surface area contributed by atoms with Crippen LogP contribution in [0.2, 0.25) is 0 Å². The number of benzene rings is 2. The first-order valence-corrected chi connectivity index (χ1v) is 16.2. The maximum absolute atomic E-state index is 13.0. The summed E-state index contributed by atoms with van der Waals surface area (Å²) in [5.74, 6) is 1.18. The van der Waals surface area contributed by atoms with Crippen molar-refractivity contribution in [2.75, 3.05) is 37.6 Å². The van der Waals surface area contributed by atoms with Gasteiger partial charge in [0.15, 0.2) is 0 Å². The number of halogens is 3. The second-order valence-corrected chi connectivity index (χ2v) is 13.6. The molecule has 0 bridgehead atoms. The van der Waals surface area contributed by atoms with Crippen molar-refractivity contribution < 1.29 is 18.0 Å². The highest BCUT2D eigenvalue weighted by Crippen LogP contribution is 2.44. The molecular weight excluding hydrogens is 591 g/mol. The van der Waals surface area contributed by atoms with Gasteiger partial charge in [0, 0.05) is 60.8 Å². The van der Waals surface area contributed by atoms with E-state index in [1.165, 1.54) is 23.5 Å². The Balaban J connectivity index is 1.00. The third-order valence-electron chi connectivity index (χ3n) is 10.4. The first-order valence-electron chi connectivity index (χ1n) is 16.2. The number of likely N-dealkylation sites (tertiary alicyclic amines) is 1. The van der Waals surface area contributed by atoms with Crippen LogP contribution in [-0.4, -0.2) is 64.2 Å². The lowest BCUT2D eigenvalue weighted by Gasteiger charge is -2.54. The van der Waals surface area contributed by atoms with Crippen LogP contribution in [0.4, 0.5) is 19.0 Å². The van der Waals surface area contributed by atoms with Gasteiger partial charge in [-0.15, -0.1) is 0 Å². The maximum Gasteiger partial charge on any atom is 0.393 e. The molecule has 7 rings (SSSR count). The van der Waals surface area contributed by atoms with E-state index in [4.69, 9.17) is 0 Å². The third kappa shape index (κ3) is 6.03. The van der Waals surface area contributed by atoms with E-state index >= 15 is 0 Å². The summed E-state index contributed by atoms with van der Waals surface area (Å²) in [7, 11) is 0. The van der Waals surface area contributed by atoms with Crippen molar-refractivity contribution >= 4 is 33.5 Å². The van der Waals surface area contributed by atoms with Crippen LogP contribution in [0.15, 0.2) is 42.7 Å². The molecule has 5 heterocycles. The zero-order chi connectivity index (χ0) is 32.1. The molecule has 0 aliphatic carbocycles. The molecule has 3 saturated heterocycles. The number of fused-ring (bicyclic) bond motifs is 2. The summed E-state index contributed by atoms with van der Waals surface area (Å²) < 4.78 is 41.3. The molecule has 0 radical (unpaired) electrons. The zero-order valence-corrected chi connectivity index (χ0v) is 26.0. The summed E-state index contributed by atoms with van der Waals surface area (Å²) in [6.45, 7) is 8.07. The molecular formula is C35H38F3N7O. The van der Waals surface area contributed by atoms with E-state index in [-0.39, 0.29) is 16.9 Å². The predicted octanol–water partition coefficient (Wildman–Crippen LogP) is 5.89. The number of piperidine rings is 1. The highest BCUT2D eigenvalue weighted by Gasteiger charge is 2.45. The molecule has 3 fully saturated rings. The minimum Gasteiger partial charge on any atom is -0.356 e. The second kappa shape index (κ2) is 11.9. The van der Waals surface area contributed by atoms with Crippen LogP contribution in [0.3, 0.4) is 0 Å². The highest BCUT2D eigenvalue weighted by atomic mass is 19.4. The van der Waals surface area contributed by atoms with Crippen molar-refractivity contribution in [1.82, 2.24) is 24.8 Å². The van der Waals surface area contributed by atoms with Crippen LogP contribution in [0.5, 0.6) is 0 Å². The van der Waals surface area contributed by atoms with Gasteiger partial charge in [-0.2, -0.15) is 18.4 Å². The number of aryl methyl sites for hydroxylation is 1. The molecule has 1 atom stereocenters. The molecule has 3 aliphatic heterocycles. The number of amides is 1. The van der Waals surface area contributed by atoms with E-state index in [0.717, 1.165) is 81.7 Å². The number of nitrogens with one attached hydrogen (secondary N) is 1. The lowest BCUT2D eigenvalue weighted by atomic mass is 9.72. The smallest absolute Gasteiger partial charge is 0.356 e. The van der Waals surface area contributed by atoms with Crippen molar-refractivity contribution in [2.24, 2.45) is 11.3 Å². The van der Waals surface area contributed by atoms with Gasteiger partial charge in [-0.25, -0.2) is 9.97 Å². The van der Waals surface area contributed by atoms with E-state index in [1.807, 2.05) is 6.07 Å². The molecule has 2 aromatic heterocycles. The molecule has 1 amide bonds. The van der Waals surface area contributed by atoms with Crippen molar-refractivity contribution in [1.29, 1.82) is 5.26 Å². The van der Waals surface area contributed by atoms with Crippen molar-refractivity contribution in [3.05, 3.63) is 65.1 Å². The Morgan fingerprint density at radius 2 is 1.87 bits per heavy atom. The Kier molecular flexibility index (Phi) is 7.87. The number of anilines is 1. The Morgan fingerprint density at radius 1 is 1.07 bits per heavy atom. The van der Waals surface area contributed by atoms with Crippen LogP contribution in [0, 0.1) is 29.6 Å². The quantitative estimate of drug-likeness (QED) is 0.286. The summed E-state index contributed by atoms with van der Waals surface area (Å²) in [6, 6.07) is 13.5. The van der Waals surface area contributed by atoms with E-state index in [0.29, 0.717) is 35.5 Å². The van der Waals surface area contributed by atoms with Crippen molar-refractivity contribution in [2.45, 2.75) is 64.7 Å². The number of nitriles is 1. The fourth-order valence-corrected chi connectivity index (χ4v) is 7.75. The molecule has 1 unspecified atom stereocenters. The topological polar surface area (TPSA) is 90.1 Å². The molecule has 46 heavy (non-hydrogen) atoms. The molecule has 4 aromatic rings. The average Bonchev–Trinajstić information content (AvgIpc) is 3.23. The first kappa shape index (κ1) is 30.5. The highest BCUT2D eigenvalue weighted by molar-refractivity contribution is 5.90. The Labute approximate surface area is 266 Å². The predicted molar refractivity (Wildman–Crippen MR) is 170 cm³/mol. The van der Waals surface area contributed by atoms with Gasteiger partial charge in [0.1, 0.15) is 23.9 Å². The fraction of sp³-hybridized carbons (Fsp3) is 0.486. The van der Waals surface area contributed by atoms with Gasteiger partial charge < -0.3 is 14.8 Å². The van der Waals surface area contributed by atoms with Crippen LogP contribution in [0.1, 0.15) is 54.5 Å². The van der Waals surface area contributed by atoms with Gasteiger partial charge in [0.05, 0.1) is 11.9 Å². The number of hydrogen-bond acceptors (Lipinski definition) is 6. The lowest BCUT2D eigenvalue weighted by molar-refractivity contribution is -0.127. The van der Waals surface area contributed by atoms with Crippen LogP contribution in [-0.2, 0) is 24.3 Å². The summed E-state index contributed by atoms with van der Waals surface area (Å²) in [5, 5.41) is 14.7. The summed E-state index contributed by atoms with van der Waals surface area (Å²) in [6.07, 6.45) is 0.674. The van der Waals surface area contributed by atoms with E-state index in [2.05, 4.69) is 54.8 Å². The summed E-state index contributed by atoms with van der Waals surface area (Å²) in [4.78, 5) is 25.3. The van der Waals surface area contributed by atoms with E-state index < -0.39 is 12.6 Å². The number of carbonyl (C=O) groups is 1. The van der Waals surface area contributed by atoms with Crippen molar-refractivity contribution in [3.63, 3.8) is 0 Å². The molecule has 0 saturated carbocycles. The fourth-order valence-electron chi connectivity index (χ4n) is 7.75. The summed E-state index contributed by atoms with van der Waals surface area (Å²) >= 11 is 0. The molecule has 1 N–H and O–H groups in total. The van der Waals surface area contributed by atoms with Gasteiger partial charge >= 0.3 is 6.18 Å². The minimum absolute atomic E-state index is 0.111. The van der Waals surface area contributed by atoms with E-state index in [1.54, 1.807) is 12.1 Å². The SMILES string of the molecule is Cc1c(CN2CCC3(CC2)CN(c2ncnc4ccc(CC(F)(F)F)cc24)C3)ccc2c1cc(C#N)n2CC1CCNC(=O)CC1. The first-order chi connectivity index (χ1) is 22.1. The van der Waals surface area contributed by atoms with Gasteiger partial charge in [-0.1, -0.05) is 12.1 Å². The van der Waals surface area contributed by atoms with Gasteiger partial charge in [-0.3, -0.25) is 9.69 Å². The molecule has 8 nitrogen and oxygen atoms in total. The van der Waals surface area contributed by atoms with Gasteiger partial charge in [-0.05, 0) is 92.6 Å². The maximum atomic E-state index is 13.0. The number of nitrogens with zero attached hydrogens (tertiary/aromatic N) is 6. The normalized spacial score (nSPS) is 20.5. The zero-order valence-electron chi connectivity index (χ0n) is 26.0. The Morgan fingerprint density at radius 3 is 2.63 bits per heavy atom. The third-order valence-corrected chi connectivity index (χ3v) is 10.4. The second-order valence-electron chi connectivity index (χ2n) is 13.6. The van der Waals surface area contributed by atoms with E-state index in [9.17, 15) is 23.2 Å². The Bertz CT molecular complexity index is 1830. The van der Waals surface area contributed by atoms with Gasteiger partial charge in [0.25, 0.3) is 0 Å². The number of alkyl halides is 3. The van der Waals surface area contributed by atoms with Gasteiger partial charge in [0.2, 0.25) is 5.91 Å². The van der Waals surface area contributed by atoms with Crippen molar-refractivity contribution in [3.8, 4) is 6.07 Å². The minimum atomic E-state index is -4.26. The van der Waals surface area contributed by atoms with Crippen LogP contribution >= 0.6 is 0 Å². The average molecular weight is 630 g/mol. The molecule has 1 spiro atoms. The number of aromatic nitrogens is 3. The lowest BCUT2D eigenvalue weighted by Crippen LogP contribution is -2.60. The number of carbonyl (C=O) groups excluding carboxylic acids is 1. The van der Waals surface area contributed by atoms with Crippen LogP contribution < -0.4 is 10.2 Å². The Hall–Kier alpha value is -4.17. The monoisotopic (exact) mass is 629 g/mol. The number of rotatable bonds is 6. The van der Waals surface area contributed by atoms with Crippen LogP contribution in [0.25, 0.3) is 21.8 Å². The molecule has 3 aliphatic rings.